The molecule has 2 N–H and O–H groups in total. The summed E-state index contributed by atoms with van der Waals surface area (Å²) in [4.78, 5) is 34.1. The molecule has 138 valence electrons. The Morgan fingerprint density at radius 1 is 1.24 bits per heavy atom. The molecule has 0 aliphatic carbocycles. The van der Waals surface area contributed by atoms with E-state index in [9.17, 15) is 19.7 Å². The first-order valence-corrected chi connectivity index (χ1v) is 7.92. The van der Waals surface area contributed by atoms with Crippen LogP contribution in [0.5, 0.6) is 0 Å². The Morgan fingerprint density at radius 2 is 1.84 bits per heavy atom. The molecular weight excluding hydrogens is 350 g/mol. The number of halogens is 1. The number of amides is 2. The number of nitrogens with one attached hydrogen (secondary N) is 2. The fourth-order valence-corrected chi connectivity index (χ4v) is 2.09. The van der Waals surface area contributed by atoms with Gasteiger partial charge in [0.15, 0.2) is 0 Å². The van der Waals surface area contributed by atoms with Crippen LogP contribution in [0.4, 0.5) is 10.5 Å². The first kappa shape index (κ1) is 20.7. The Labute approximate surface area is 151 Å². The molecule has 0 fully saturated rings. The molecule has 25 heavy (non-hydrogen) atoms. The van der Waals surface area contributed by atoms with Gasteiger partial charge in [-0.25, -0.2) is 4.79 Å². The predicted octanol–water partition coefficient (Wildman–Crippen LogP) is 3.28. The van der Waals surface area contributed by atoms with Crippen LogP contribution < -0.4 is 10.6 Å². The number of nitro benzene ring substituents is 1. The normalized spacial score (nSPS) is 11.6. The van der Waals surface area contributed by atoms with E-state index >= 15 is 0 Å². The highest BCUT2D eigenvalue weighted by atomic mass is 35.5. The van der Waals surface area contributed by atoms with Crippen LogP contribution in [0.25, 0.3) is 0 Å². The maximum Gasteiger partial charge on any atom is 0.407 e. The Balaban J connectivity index is 2.71. The average molecular weight is 372 g/mol. The van der Waals surface area contributed by atoms with Crippen molar-refractivity contribution in [3.63, 3.8) is 0 Å². The van der Waals surface area contributed by atoms with Crippen LogP contribution in [0.2, 0.25) is 5.02 Å². The number of ether oxygens (including phenoxy) is 1. The zero-order chi connectivity index (χ0) is 19.4. The Hall–Kier alpha value is -2.35. The second-order valence-electron chi connectivity index (χ2n) is 7.11. The highest BCUT2D eigenvalue weighted by Crippen LogP contribution is 2.23. The quantitative estimate of drug-likeness (QED) is 0.609. The maximum absolute atomic E-state index is 12.3. The van der Waals surface area contributed by atoms with Gasteiger partial charge < -0.3 is 15.4 Å². The number of benzene rings is 1. The van der Waals surface area contributed by atoms with Crippen LogP contribution in [0, 0.1) is 10.1 Å². The van der Waals surface area contributed by atoms with Crippen molar-refractivity contribution in [2.45, 2.75) is 45.8 Å². The predicted molar refractivity (Wildman–Crippen MR) is 93.9 cm³/mol. The third kappa shape index (κ3) is 6.96. The molecule has 1 aromatic carbocycles. The van der Waals surface area contributed by atoms with E-state index in [1.54, 1.807) is 34.6 Å². The van der Waals surface area contributed by atoms with E-state index in [1.165, 1.54) is 12.1 Å². The van der Waals surface area contributed by atoms with Crippen molar-refractivity contribution in [3.05, 3.63) is 38.9 Å². The molecule has 0 aromatic heterocycles. The average Bonchev–Trinajstić information content (AvgIpc) is 2.42. The van der Waals surface area contributed by atoms with Gasteiger partial charge in [0.2, 0.25) is 0 Å². The van der Waals surface area contributed by atoms with Gasteiger partial charge in [0, 0.05) is 18.7 Å². The van der Waals surface area contributed by atoms with E-state index in [4.69, 9.17) is 16.3 Å². The smallest absolute Gasteiger partial charge is 0.407 e. The highest BCUT2D eigenvalue weighted by Gasteiger charge is 2.25. The molecule has 0 bridgehead atoms. The summed E-state index contributed by atoms with van der Waals surface area (Å²) in [5.41, 5.74) is -1.51. The summed E-state index contributed by atoms with van der Waals surface area (Å²) in [7, 11) is 0. The number of rotatable bonds is 5. The summed E-state index contributed by atoms with van der Waals surface area (Å²) in [6.45, 7) is 8.78. The van der Waals surface area contributed by atoms with E-state index < -0.39 is 28.1 Å². The van der Waals surface area contributed by atoms with Crippen molar-refractivity contribution in [2.24, 2.45) is 0 Å². The molecule has 2 amide bonds. The molecule has 0 unspecified atom stereocenters. The number of hydrogen-bond acceptors (Lipinski definition) is 5. The van der Waals surface area contributed by atoms with Crippen molar-refractivity contribution in [1.29, 1.82) is 0 Å². The lowest BCUT2D eigenvalue weighted by Crippen LogP contribution is -2.52. The van der Waals surface area contributed by atoms with Crippen LogP contribution in [-0.2, 0) is 4.74 Å². The van der Waals surface area contributed by atoms with Gasteiger partial charge in [-0.2, -0.15) is 0 Å². The number of non-ortho nitro benzene ring substituents is 1. The molecule has 0 heterocycles. The number of nitro groups is 1. The van der Waals surface area contributed by atoms with Crippen molar-refractivity contribution < 1.29 is 19.2 Å². The molecule has 1 aromatic rings. The van der Waals surface area contributed by atoms with Crippen molar-refractivity contribution in [1.82, 2.24) is 10.6 Å². The van der Waals surface area contributed by atoms with E-state index in [-0.39, 0.29) is 22.8 Å². The summed E-state index contributed by atoms with van der Waals surface area (Å²) in [5.74, 6) is -0.504. The Kier molecular flexibility index (Phi) is 6.37. The molecule has 1 rings (SSSR count). The third-order valence-electron chi connectivity index (χ3n) is 2.93. The zero-order valence-electron chi connectivity index (χ0n) is 14.8. The molecule has 0 saturated carbocycles. The van der Waals surface area contributed by atoms with Gasteiger partial charge in [-0.1, -0.05) is 11.6 Å². The van der Waals surface area contributed by atoms with Crippen LogP contribution in [-0.4, -0.2) is 34.6 Å². The van der Waals surface area contributed by atoms with Crippen LogP contribution in [0.15, 0.2) is 18.2 Å². The first-order chi connectivity index (χ1) is 11.3. The number of nitrogens with zero attached hydrogens (tertiary/aromatic N) is 1. The number of alkyl carbamates (subject to hydrolysis) is 1. The molecule has 0 radical (unpaired) electrons. The number of carbonyl (C=O) groups excluding carboxylic acids is 2. The van der Waals surface area contributed by atoms with Gasteiger partial charge in [0.1, 0.15) is 5.60 Å². The van der Waals surface area contributed by atoms with E-state index in [0.717, 1.165) is 6.07 Å². The van der Waals surface area contributed by atoms with Crippen molar-refractivity contribution >= 4 is 29.3 Å². The van der Waals surface area contributed by atoms with Gasteiger partial charge in [-0.15, -0.1) is 0 Å². The number of carbonyl (C=O) groups is 2. The van der Waals surface area contributed by atoms with E-state index in [2.05, 4.69) is 10.6 Å². The van der Waals surface area contributed by atoms with Crippen LogP contribution >= 0.6 is 11.6 Å². The van der Waals surface area contributed by atoms with E-state index in [0.29, 0.717) is 0 Å². The fraction of sp³-hybridized carbons (Fsp3) is 0.500. The second kappa shape index (κ2) is 7.69. The maximum atomic E-state index is 12.3. The Morgan fingerprint density at radius 3 is 2.32 bits per heavy atom. The summed E-state index contributed by atoms with van der Waals surface area (Å²) in [6, 6.07) is 3.60. The Bertz CT molecular complexity index is 683. The second-order valence-corrected chi connectivity index (χ2v) is 7.52. The lowest BCUT2D eigenvalue weighted by Gasteiger charge is -2.28. The summed E-state index contributed by atoms with van der Waals surface area (Å²) in [6.07, 6.45) is -0.594. The lowest BCUT2D eigenvalue weighted by atomic mass is 10.0. The highest BCUT2D eigenvalue weighted by molar-refractivity contribution is 6.34. The molecule has 9 heteroatoms. The number of hydrogen-bond donors (Lipinski definition) is 2. The summed E-state index contributed by atoms with van der Waals surface area (Å²) in [5, 5.41) is 16.0. The third-order valence-corrected chi connectivity index (χ3v) is 3.25. The monoisotopic (exact) mass is 371 g/mol. The largest absolute Gasteiger partial charge is 0.444 e. The van der Waals surface area contributed by atoms with Crippen LogP contribution in [0.3, 0.4) is 0 Å². The zero-order valence-corrected chi connectivity index (χ0v) is 15.6. The molecule has 0 atom stereocenters. The molecule has 0 aliphatic rings. The van der Waals surface area contributed by atoms with Gasteiger partial charge in [0.25, 0.3) is 11.6 Å². The van der Waals surface area contributed by atoms with Gasteiger partial charge in [0.05, 0.1) is 21.0 Å². The van der Waals surface area contributed by atoms with Crippen LogP contribution in [0.1, 0.15) is 45.0 Å². The molecule has 8 nitrogen and oxygen atoms in total. The van der Waals surface area contributed by atoms with Crippen molar-refractivity contribution in [3.8, 4) is 0 Å². The molecule has 0 aliphatic heterocycles. The fourth-order valence-electron chi connectivity index (χ4n) is 1.83. The minimum absolute atomic E-state index is 0.0254. The molecule has 0 saturated heterocycles. The molecule has 0 spiro atoms. The summed E-state index contributed by atoms with van der Waals surface area (Å²) < 4.78 is 5.13. The standard InChI is InChI=1S/C16H22ClN3O5/c1-15(2,3)25-14(22)18-9-16(4,5)19-13(21)11-7-6-10(20(23)24)8-12(11)17/h6-8H,9H2,1-5H3,(H,18,22)(H,19,21). The van der Waals surface area contributed by atoms with Gasteiger partial charge in [-0.3, -0.25) is 14.9 Å². The SMILES string of the molecule is CC(C)(CNC(=O)OC(C)(C)C)NC(=O)c1ccc([N+](=O)[O-])cc1Cl. The molecular formula is C16H22ClN3O5. The van der Waals surface area contributed by atoms with Gasteiger partial charge >= 0.3 is 6.09 Å². The minimum Gasteiger partial charge on any atom is -0.444 e. The topological polar surface area (TPSA) is 111 Å². The summed E-state index contributed by atoms with van der Waals surface area (Å²) >= 11 is 5.94. The lowest BCUT2D eigenvalue weighted by molar-refractivity contribution is -0.384. The van der Waals surface area contributed by atoms with E-state index in [1.807, 2.05) is 0 Å². The van der Waals surface area contributed by atoms with Gasteiger partial charge in [-0.05, 0) is 40.7 Å². The first-order valence-electron chi connectivity index (χ1n) is 7.54. The minimum atomic E-state index is -0.793. The van der Waals surface area contributed by atoms with Crippen molar-refractivity contribution in [2.75, 3.05) is 6.54 Å².